The summed E-state index contributed by atoms with van der Waals surface area (Å²) in [6.45, 7) is 1.34. The highest BCUT2D eigenvalue weighted by molar-refractivity contribution is 6.45. The molecule has 0 aliphatic carbocycles. The van der Waals surface area contributed by atoms with E-state index in [9.17, 15) is 24.0 Å². The van der Waals surface area contributed by atoms with Crippen LogP contribution in [-0.4, -0.2) is 71.5 Å². The lowest BCUT2D eigenvalue weighted by Gasteiger charge is -2.15. The van der Waals surface area contributed by atoms with Gasteiger partial charge in [-0.15, -0.1) is 0 Å². The molecule has 9 heteroatoms. The number of anilines is 1. The first-order chi connectivity index (χ1) is 12.3. The number of urea groups is 1. The third-order valence-corrected chi connectivity index (χ3v) is 3.71. The first-order valence-corrected chi connectivity index (χ1v) is 8.05. The van der Waals surface area contributed by atoms with Gasteiger partial charge in [-0.1, -0.05) is 6.92 Å². The molecule has 0 radical (unpaired) electrons. The number of hydrogen-bond acceptors (Lipinski definition) is 5. The zero-order valence-corrected chi connectivity index (χ0v) is 14.8. The van der Waals surface area contributed by atoms with Crippen LogP contribution in [0.2, 0.25) is 0 Å². The third kappa shape index (κ3) is 3.88. The fourth-order valence-electron chi connectivity index (χ4n) is 2.41. The minimum Gasteiger partial charge on any atom is -0.345 e. The molecule has 26 heavy (non-hydrogen) atoms. The number of rotatable bonds is 6. The molecule has 0 aromatic heterocycles. The summed E-state index contributed by atoms with van der Waals surface area (Å²) in [6, 6.07) is 5.39. The van der Waals surface area contributed by atoms with Crippen LogP contribution in [0, 0.1) is 0 Å². The summed E-state index contributed by atoms with van der Waals surface area (Å²) in [5.74, 6) is -2.73. The van der Waals surface area contributed by atoms with Crippen LogP contribution in [0.15, 0.2) is 24.3 Å². The predicted molar refractivity (Wildman–Crippen MR) is 92.2 cm³/mol. The van der Waals surface area contributed by atoms with Gasteiger partial charge in [0.25, 0.3) is 5.91 Å². The molecule has 1 aliphatic heterocycles. The number of amides is 6. The first kappa shape index (κ1) is 19.1. The average Bonchev–Trinajstić information content (AvgIpc) is 2.80. The lowest BCUT2D eigenvalue weighted by atomic mass is 10.2. The molecule has 1 N–H and O–H groups in total. The summed E-state index contributed by atoms with van der Waals surface area (Å²) in [6.07, 6.45) is 0.517. The Bertz CT molecular complexity index is 757. The van der Waals surface area contributed by atoms with Gasteiger partial charge in [0.05, 0.1) is 0 Å². The fourth-order valence-corrected chi connectivity index (χ4v) is 2.41. The highest BCUT2D eigenvalue weighted by Gasteiger charge is 2.44. The van der Waals surface area contributed by atoms with Crippen molar-refractivity contribution in [2.24, 2.45) is 0 Å². The number of hydrogen-bond donors (Lipinski definition) is 1. The second-order valence-electron chi connectivity index (χ2n) is 5.96. The van der Waals surface area contributed by atoms with Crippen molar-refractivity contribution in [2.75, 3.05) is 32.5 Å². The predicted octanol–water partition coefficient (Wildman–Crippen LogP) is 0.528. The molecule has 1 saturated heterocycles. The van der Waals surface area contributed by atoms with Crippen LogP contribution in [0.3, 0.4) is 0 Å². The summed E-state index contributed by atoms with van der Waals surface area (Å²) in [7, 11) is 3.26. The van der Waals surface area contributed by atoms with E-state index in [0.29, 0.717) is 22.6 Å². The standard InChI is InChI=1S/C17H20N4O5/c1-4-9-20-15(24)16(25)21(17(20)26)10-13(22)18-12-7-5-11(6-8-12)14(23)19(2)3/h5-8H,4,9-10H2,1-3H3,(H,18,22). The van der Waals surface area contributed by atoms with Gasteiger partial charge in [-0.25, -0.2) is 9.69 Å². The van der Waals surface area contributed by atoms with E-state index in [4.69, 9.17) is 0 Å². The minimum atomic E-state index is -1.01. The number of imide groups is 2. The Kier molecular flexibility index (Phi) is 5.71. The van der Waals surface area contributed by atoms with Crippen molar-refractivity contribution in [1.82, 2.24) is 14.7 Å². The van der Waals surface area contributed by atoms with Crippen molar-refractivity contribution in [3.63, 3.8) is 0 Å². The first-order valence-electron chi connectivity index (χ1n) is 8.05. The molecule has 0 atom stereocenters. The van der Waals surface area contributed by atoms with E-state index in [0.717, 1.165) is 4.90 Å². The van der Waals surface area contributed by atoms with E-state index < -0.39 is 30.3 Å². The summed E-state index contributed by atoms with van der Waals surface area (Å²) in [5, 5.41) is 2.53. The maximum atomic E-state index is 12.1. The van der Waals surface area contributed by atoms with Gasteiger partial charge < -0.3 is 10.2 Å². The Hall–Kier alpha value is -3.23. The molecule has 1 heterocycles. The largest absolute Gasteiger partial charge is 0.345 e. The van der Waals surface area contributed by atoms with Crippen LogP contribution in [0.5, 0.6) is 0 Å². The van der Waals surface area contributed by atoms with Gasteiger partial charge in [0, 0.05) is 31.9 Å². The van der Waals surface area contributed by atoms with Crippen molar-refractivity contribution >= 4 is 35.3 Å². The summed E-state index contributed by atoms with van der Waals surface area (Å²) < 4.78 is 0. The number of nitrogens with zero attached hydrogens (tertiary/aromatic N) is 3. The quantitative estimate of drug-likeness (QED) is 0.588. The van der Waals surface area contributed by atoms with Gasteiger partial charge in [-0.3, -0.25) is 24.1 Å². The SMILES string of the molecule is CCCN1C(=O)C(=O)N(CC(=O)Nc2ccc(C(=O)N(C)C)cc2)C1=O. The molecule has 1 fully saturated rings. The van der Waals surface area contributed by atoms with Gasteiger partial charge in [0.1, 0.15) is 6.54 Å². The maximum absolute atomic E-state index is 12.1. The Morgan fingerprint density at radius 1 is 1.00 bits per heavy atom. The van der Waals surface area contributed by atoms with E-state index in [1.165, 1.54) is 17.0 Å². The van der Waals surface area contributed by atoms with Crippen molar-refractivity contribution in [3.8, 4) is 0 Å². The molecular formula is C17H20N4O5. The van der Waals surface area contributed by atoms with Gasteiger partial charge in [-0.2, -0.15) is 0 Å². The Balaban J connectivity index is 2.00. The summed E-state index contributed by atoms with van der Waals surface area (Å²) >= 11 is 0. The smallest absolute Gasteiger partial charge is 0.334 e. The zero-order valence-electron chi connectivity index (χ0n) is 14.8. The number of benzene rings is 1. The molecule has 2 rings (SSSR count). The normalized spacial score (nSPS) is 14.0. The van der Waals surface area contributed by atoms with Gasteiger partial charge in [0.15, 0.2) is 0 Å². The number of carbonyl (C=O) groups excluding carboxylic acids is 5. The van der Waals surface area contributed by atoms with Crippen LogP contribution in [-0.2, 0) is 14.4 Å². The molecule has 0 bridgehead atoms. The van der Waals surface area contributed by atoms with Gasteiger partial charge in [0.2, 0.25) is 5.91 Å². The topological polar surface area (TPSA) is 107 Å². The molecule has 6 amide bonds. The lowest BCUT2D eigenvalue weighted by Crippen LogP contribution is -2.39. The van der Waals surface area contributed by atoms with Crippen LogP contribution in [0.25, 0.3) is 0 Å². The summed E-state index contributed by atoms with van der Waals surface area (Å²) in [4.78, 5) is 62.5. The highest BCUT2D eigenvalue weighted by atomic mass is 16.2. The molecule has 9 nitrogen and oxygen atoms in total. The molecule has 1 aromatic carbocycles. The molecule has 138 valence electrons. The van der Waals surface area contributed by atoms with Gasteiger partial charge in [-0.05, 0) is 30.7 Å². The molecule has 0 spiro atoms. The van der Waals surface area contributed by atoms with Crippen molar-refractivity contribution in [1.29, 1.82) is 0 Å². The second kappa shape index (κ2) is 7.77. The Labute approximate surface area is 150 Å². The van der Waals surface area contributed by atoms with E-state index in [1.54, 1.807) is 33.2 Å². The monoisotopic (exact) mass is 360 g/mol. The summed E-state index contributed by atoms with van der Waals surface area (Å²) in [5.41, 5.74) is 0.861. The zero-order chi connectivity index (χ0) is 19.4. The average molecular weight is 360 g/mol. The Morgan fingerprint density at radius 2 is 1.58 bits per heavy atom. The van der Waals surface area contributed by atoms with E-state index in [2.05, 4.69) is 5.32 Å². The van der Waals surface area contributed by atoms with E-state index in [-0.39, 0.29) is 12.5 Å². The van der Waals surface area contributed by atoms with Crippen LogP contribution >= 0.6 is 0 Å². The van der Waals surface area contributed by atoms with Gasteiger partial charge >= 0.3 is 17.8 Å². The van der Waals surface area contributed by atoms with Crippen molar-refractivity contribution in [3.05, 3.63) is 29.8 Å². The van der Waals surface area contributed by atoms with E-state index in [1.807, 2.05) is 0 Å². The van der Waals surface area contributed by atoms with Crippen molar-refractivity contribution < 1.29 is 24.0 Å². The lowest BCUT2D eigenvalue weighted by molar-refractivity contribution is -0.143. The molecule has 1 aliphatic rings. The molecular weight excluding hydrogens is 340 g/mol. The molecule has 1 aromatic rings. The Morgan fingerprint density at radius 3 is 2.12 bits per heavy atom. The molecule has 0 saturated carbocycles. The fraction of sp³-hybridized carbons (Fsp3) is 0.353. The van der Waals surface area contributed by atoms with Crippen LogP contribution in [0.1, 0.15) is 23.7 Å². The number of nitrogens with one attached hydrogen (secondary N) is 1. The third-order valence-electron chi connectivity index (χ3n) is 3.71. The number of carbonyl (C=O) groups is 5. The van der Waals surface area contributed by atoms with Crippen molar-refractivity contribution in [2.45, 2.75) is 13.3 Å². The molecule has 0 unspecified atom stereocenters. The maximum Gasteiger partial charge on any atom is 0.334 e. The van der Waals surface area contributed by atoms with E-state index >= 15 is 0 Å². The minimum absolute atomic E-state index is 0.128. The van der Waals surface area contributed by atoms with Crippen LogP contribution < -0.4 is 5.32 Å². The second-order valence-corrected chi connectivity index (χ2v) is 5.96. The van der Waals surface area contributed by atoms with Crippen LogP contribution in [0.4, 0.5) is 10.5 Å². The highest BCUT2D eigenvalue weighted by Crippen LogP contribution is 2.14.